The van der Waals surface area contributed by atoms with Crippen LogP contribution in [-0.2, 0) is 4.79 Å². The molecular weight excluding hydrogens is 182 g/mol. The van der Waals surface area contributed by atoms with Crippen molar-refractivity contribution >= 4 is 5.91 Å². The van der Waals surface area contributed by atoms with E-state index in [-0.39, 0.29) is 24.5 Å². The van der Waals surface area contributed by atoms with Crippen molar-refractivity contribution in [3.8, 4) is 0 Å². The summed E-state index contributed by atoms with van der Waals surface area (Å²) in [5.41, 5.74) is 0. The van der Waals surface area contributed by atoms with E-state index in [1.807, 2.05) is 0 Å². The molecule has 3 N–H and O–H groups in total. The van der Waals surface area contributed by atoms with Crippen molar-refractivity contribution < 1.29 is 15.0 Å². The average Bonchev–Trinajstić information content (AvgIpc) is 2.20. The van der Waals surface area contributed by atoms with E-state index in [9.17, 15) is 9.90 Å². The zero-order valence-corrected chi connectivity index (χ0v) is 8.57. The zero-order chi connectivity index (χ0) is 10.6. The van der Waals surface area contributed by atoms with E-state index < -0.39 is 6.10 Å². The van der Waals surface area contributed by atoms with Crippen LogP contribution in [0.1, 0.15) is 32.6 Å². The van der Waals surface area contributed by atoms with Gasteiger partial charge in [-0.05, 0) is 12.8 Å². The van der Waals surface area contributed by atoms with Gasteiger partial charge in [-0.3, -0.25) is 4.79 Å². The van der Waals surface area contributed by atoms with Gasteiger partial charge in [-0.25, -0.2) is 0 Å². The summed E-state index contributed by atoms with van der Waals surface area (Å²) >= 11 is 0. The molecule has 0 aromatic carbocycles. The van der Waals surface area contributed by atoms with E-state index in [0.29, 0.717) is 0 Å². The van der Waals surface area contributed by atoms with E-state index in [4.69, 9.17) is 5.11 Å². The van der Waals surface area contributed by atoms with Crippen molar-refractivity contribution in [2.45, 2.75) is 44.8 Å². The Bertz CT molecular complexity index is 196. The fourth-order valence-electron chi connectivity index (χ4n) is 1.69. The van der Waals surface area contributed by atoms with Crippen LogP contribution < -0.4 is 5.32 Å². The highest BCUT2D eigenvalue weighted by atomic mass is 16.3. The molecule has 1 fully saturated rings. The first kappa shape index (κ1) is 11.5. The largest absolute Gasteiger partial charge is 0.396 e. The molecule has 1 saturated carbocycles. The molecule has 0 radical (unpaired) electrons. The second kappa shape index (κ2) is 5.32. The Hall–Kier alpha value is -0.610. The smallest absolute Gasteiger partial charge is 0.225 e. The first-order valence-corrected chi connectivity index (χ1v) is 5.24. The second-order valence-corrected chi connectivity index (χ2v) is 4.05. The van der Waals surface area contributed by atoms with Crippen molar-refractivity contribution in [2.75, 3.05) is 6.61 Å². The number of nitrogens with one attached hydrogen (secondary N) is 1. The third-order valence-electron chi connectivity index (χ3n) is 2.78. The molecule has 1 aliphatic rings. The Balaban J connectivity index is 2.38. The van der Waals surface area contributed by atoms with Crippen molar-refractivity contribution in [1.82, 2.24) is 5.32 Å². The number of rotatable bonds is 3. The van der Waals surface area contributed by atoms with Crippen LogP contribution >= 0.6 is 0 Å². The van der Waals surface area contributed by atoms with E-state index in [0.717, 1.165) is 25.7 Å². The third kappa shape index (κ3) is 2.96. The monoisotopic (exact) mass is 201 g/mol. The summed E-state index contributed by atoms with van der Waals surface area (Å²) in [5, 5.41) is 21.1. The van der Waals surface area contributed by atoms with Crippen LogP contribution in [0, 0.1) is 5.92 Å². The summed E-state index contributed by atoms with van der Waals surface area (Å²) < 4.78 is 0. The Morgan fingerprint density at radius 3 is 2.71 bits per heavy atom. The molecule has 0 aromatic heterocycles. The van der Waals surface area contributed by atoms with Crippen LogP contribution in [0.25, 0.3) is 0 Å². The molecule has 0 bridgehead atoms. The molecule has 0 spiro atoms. The van der Waals surface area contributed by atoms with Gasteiger partial charge in [-0.15, -0.1) is 0 Å². The van der Waals surface area contributed by atoms with Crippen LogP contribution in [0.15, 0.2) is 0 Å². The van der Waals surface area contributed by atoms with Crippen molar-refractivity contribution in [2.24, 2.45) is 5.92 Å². The minimum Gasteiger partial charge on any atom is -0.396 e. The van der Waals surface area contributed by atoms with Crippen LogP contribution in [0.2, 0.25) is 0 Å². The molecule has 0 saturated heterocycles. The van der Waals surface area contributed by atoms with Crippen LogP contribution in [-0.4, -0.2) is 34.9 Å². The van der Waals surface area contributed by atoms with Gasteiger partial charge in [0.15, 0.2) is 0 Å². The molecule has 82 valence electrons. The maximum Gasteiger partial charge on any atom is 0.225 e. The van der Waals surface area contributed by atoms with E-state index in [1.54, 1.807) is 6.92 Å². The quantitative estimate of drug-likeness (QED) is 0.603. The highest BCUT2D eigenvalue weighted by Crippen LogP contribution is 2.18. The Morgan fingerprint density at radius 2 is 2.14 bits per heavy atom. The van der Waals surface area contributed by atoms with Gasteiger partial charge in [0.05, 0.1) is 24.7 Å². The lowest BCUT2D eigenvalue weighted by Crippen LogP contribution is -2.47. The molecule has 14 heavy (non-hydrogen) atoms. The maximum absolute atomic E-state index is 11.4. The van der Waals surface area contributed by atoms with Crippen molar-refractivity contribution in [1.29, 1.82) is 0 Å². The average molecular weight is 201 g/mol. The summed E-state index contributed by atoms with van der Waals surface area (Å²) in [7, 11) is 0. The number of aliphatic hydroxyl groups excluding tert-OH is 2. The van der Waals surface area contributed by atoms with Gasteiger partial charge >= 0.3 is 0 Å². The number of hydrogen-bond donors (Lipinski definition) is 3. The molecule has 0 aromatic rings. The van der Waals surface area contributed by atoms with Crippen molar-refractivity contribution in [3.05, 3.63) is 0 Å². The van der Waals surface area contributed by atoms with Gasteiger partial charge in [0.25, 0.3) is 0 Å². The first-order chi connectivity index (χ1) is 6.65. The lowest BCUT2D eigenvalue weighted by molar-refractivity contribution is -0.127. The van der Waals surface area contributed by atoms with Gasteiger partial charge in [0, 0.05) is 0 Å². The summed E-state index contributed by atoms with van der Waals surface area (Å²) in [6.07, 6.45) is 3.26. The Morgan fingerprint density at radius 1 is 1.50 bits per heavy atom. The third-order valence-corrected chi connectivity index (χ3v) is 2.78. The highest BCUT2D eigenvalue weighted by molar-refractivity contribution is 5.78. The number of carbonyl (C=O) groups is 1. The number of aliphatic hydroxyl groups is 2. The second-order valence-electron chi connectivity index (χ2n) is 4.05. The Kier molecular flexibility index (Phi) is 4.35. The van der Waals surface area contributed by atoms with E-state index in [2.05, 4.69) is 5.32 Å². The van der Waals surface area contributed by atoms with Gasteiger partial charge < -0.3 is 15.5 Å². The number of carbonyl (C=O) groups excluding carboxylic acids is 1. The number of amides is 1. The lowest BCUT2D eigenvalue weighted by atomic mass is 9.92. The fourth-order valence-corrected chi connectivity index (χ4v) is 1.69. The van der Waals surface area contributed by atoms with Gasteiger partial charge in [0.1, 0.15) is 0 Å². The normalized spacial score (nSPS) is 29.6. The molecule has 4 nitrogen and oxygen atoms in total. The van der Waals surface area contributed by atoms with Crippen LogP contribution in [0.5, 0.6) is 0 Å². The molecule has 1 amide bonds. The van der Waals surface area contributed by atoms with Gasteiger partial charge in [-0.1, -0.05) is 19.8 Å². The minimum absolute atomic E-state index is 0.120. The maximum atomic E-state index is 11.4. The molecule has 3 atom stereocenters. The van der Waals surface area contributed by atoms with E-state index in [1.165, 1.54) is 0 Å². The minimum atomic E-state index is -0.418. The zero-order valence-electron chi connectivity index (χ0n) is 8.57. The van der Waals surface area contributed by atoms with Crippen molar-refractivity contribution in [3.63, 3.8) is 0 Å². The summed E-state index contributed by atoms with van der Waals surface area (Å²) in [4.78, 5) is 11.4. The molecule has 4 heteroatoms. The summed E-state index contributed by atoms with van der Waals surface area (Å²) in [5.74, 6) is -0.553. The Labute approximate surface area is 84.3 Å². The van der Waals surface area contributed by atoms with E-state index >= 15 is 0 Å². The van der Waals surface area contributed by atoms with Crippen LogP contribution in [0.3, 0.4) is 0 Å². The molecule has 1 rings (SSSR count). The summed E-state index contributed by atoms with van der Waals surface area (Å²) in [6.45, 7) is 1.53. The standard InChI is InChI=1S/C10H19NO3/c1-7(6-12)10(14)11-8-4-2-3-5-9(8)13/h7-9,12-13H,2-6H2,1H3,(H,11,14). The lowest BCUT2D eigenvalue weighted by Gasteiger charge is -2.29. The molecule has 0 aliphatic heterocycles. The molecule has 3 unspecified atom stereocenters. The highest BCUT2D eigenvalue weighted by Gasteiger charge is 2.25. The topological polar surface area (TPSA) is 69.6 Å². The molecule has 0 heterocycles. The molecule has 1 aliphatic carbocycles. The van der Waals surface area contributed by atoms with Gasteiger partial charge in [-0.2, -0.15) is 0 Å². The first-order valence-electron chi connectivity index (χ1n) is 5.24. The van der Waals surface area contributed by atoms with Crippen LogP contribution in [0.4, 0.5) is 0 Å². The number of hydrogen-bond acceptors (Lipinski definition) is 3. The fraction of sp³-hybridized carbons (Fsp3) is 0.900. The molecular formula is C10H19NO3. The summed E-state index contributed by atoms with van der Waals surface area (Å²) in [6, 6.07) is -0.120. The predicted octanol–water partition coefficient (Wildman–Crippen LogP) is 0.0345. The SMILES string of the molecule is CC(CO)C(=O)NC1CCCCC1O. The predicted molar refractivity (Wildman–Crippen MR) is 52.7 cm³/mol. The van der Waals surface area contributed by atoms with Gasteiger partial charge in [0.2, 0.25) is 5.91 Å².